The Bertz CT molecular complexity index is 422. The van der Waals surface area contributed by atoms with Crippen LogP contribution in [0.15, 0.2) is 30.9 Å². The molecule has 2 heterocycles. The van der Waals surface area contributed by atoms with Gasteiger partial charge in [0, 0.05) is 38.3 Å². The van der Waals surface area contributed by atoms with E-state index in [2.05, 4.69) is 15.0 Å². The molecule has 0 aromatic carbocycles. The van der Waals surface area contributed by atoms with E-state index in [1.807, 2.05) is 17.8 Å². The van der Waals surface area contributed by atoms with Crippen LogP contribution in [0.2, 0.25) is 0 Å². The van der Waals surface area contributed by atoms with Crippen molar-refractivity contribution in [3.05, 3.63) is 42.5 Å². The van der Waals surface area contributed by atoms with Gasteiger partial charge in [-0.25, -0.2) is 15.0 Å². The first-order valence-electron chi connectivity index (χ1n) is 4.76. The second-order valence-corrected chi connectivity index (χ2v) is 3.37. The lowest BCUT2D eigenvalue weighted by atomic mass is 10.2. The van der Waals surface area contributed by atoms with E-state index in [4.69, 9.17) is 5.73 Å². The Balaban J connectivity index is 2.11. The summed E-state index contributed by atoms with van der Waals surface area (Å²) in [6.07, 6.45) is 7.69. The van der Waals surface area contributed by atoms with Crippen LogP contribution in [0.5, 0.6) is 0 Å². The molecule has 15 heavy (non-hydrogen) atoms. The van der Waals surface area contributed by atoms with Gasteiger partial charge in [-0.05, 0) is 6.07 Å². The van der Waals surface area contributed by atoms with Crippen molar-refractivity contribution in [1.29, 1.82) is 0 Å². The largest absolute Gasteiger partial charge is 0.338 e. The quantitative estimate of drug-likeness (QED) is 0.786. The van der Waals surface area contributed by atoms with Gasteiger partial charge >= 0.3 is 0 Å². The molecule has 0 amide bonds. The molecular weight excluding hydrogens is 190 g/mol. The molecular formula is C10H13N5. The number of aromatic nitrogens is 4. The molecule has 2 aromatic heterocycles. The van der Waals surface area contributed by atoms with E-state index >= 15 is 0 Å². The third-order valence-electron chi connectivity index (χ3n) is 2.24. The van der Waals surface area contributed by atoms with E-state index in [0.717, 1.165) is 5.82 Å². The lowest BCUT2D eigenvalue weighted by Gasteiger charge is -2.09. The first kappa shape index (κ1) is 9.79. The van der Waals surface area contributed by atoms with Crippen LogP contribution in [-0.4, -0.2) is 19.5 Å². The highest BCUT2D eigenvalue weighted by Gasteiger charge is 2.11. The molecule has 2 aromatic rings. The molecule has 0 saturated heterocycles. The highest BCUT2D eigenvalue weighted by atomic mass is 15.0. The van der Waals surface area contributed by atoms with Gasteiger partial charge in [-0.15, -0.1) is 0 Å². The fraction of sp³-hybridized carbons (Fsp3) is 0.300. The van der Waals surface area contributed by atoms with Crippen LogP contribution in [0.1, 0.15) is 17.7 Å². The minimum Gasteiger partial charge on any atom is -0.338 e. The first-order valence-corrected chi connectivity index (χ1v) is 4.76. The fourth-order valence-electron chi connectivity index (χ4n) is 1.38. The van der Waals surface area contributed by atoms with Gasteiger partial charge in [0.25, 0.3) is 0 Å². The minimum absolute atomic E-state index is 0.202. The molecule has 78 valence electrons. The van der Waals surface area contributed by atoms with Crippen LogP contribution in [0.25, 0.3) is 0 Å². The van der Waals surface area contributed by atoms with Crippen LogP contribution in [-0.2, 0) is 13.5 Å². The van der Waals surface area contributed by atoms with Gasteiger partial charge in [-0.3, -0.25) is 0 Å². The topological polar surface area (TPSA) is 69.6 Å². The number of hydrogen-bond acceptors (Lipinski definition) is 4. The SMILES string of the molecule is Cn1ccnc1CC(N)c1ncccn1. The summed E-state index contributed by atoms with van der Waals surface area (Å²) in [6.45, 7) is 0. The molecule has 0 aliphatic carbocycles. The monoisotopic (exact) mass is 203 g/mol. The zero-order valence-electron chi connectivity index (χ0n) is 8.54. The summed E-state index contributed by atoms with van der Waals surface area (Å²) in [5.41, 5.74) is 5.98. The molecule has 1 unspecified atom stereocenters. The predicted octanol–water partition coefficient (Wildman–Crippen LogP) is 0.453. The Labute approximate surface area is 88.0 Å². The van der Waals surface area contributed by atoms with E-state index in [9.17, 15) is 0 Å². The zero-order valence-corrected chi connectivity index (χ0v) is 8.54. The average Bonchev–Trinajstić information content (AvgIpc) is 2.66. The Morgan fingerprint density at radius 1 is 1.27 bits per heavy atom. The molecule has 0 bridgehead atoms. The van der Waals surface area contributed by atoms with E-state index < -0.39 is 0 Å². The Kier molecular flexibility index (Phi) is 2.73. The van der Waals surface area contributed by atoms with Crippen molar-refractivity contribution < 1.29 is 0 Å². The Morgan fingerprint density at radius 3 is 2.60 bits per heavy atom. The smallest absolute Gasteiger partial charge is 0.145 e. The highest BCUT2D eigenvalue weighted by molar-refractivity contribution is 5.01. The molecule has 0 spiro atoms. The van der Waals surface area contributed by atoms with E-state index in [1.54, 1.807) is 24.7 Å². The maximum atomic E-state index is 5.98. The van der Waals surface area contributed by atoms with Crippen LogP contribution in [0.3, 0.4) is 0 Å². The zero-order chi connectivity index (χ0) is 10.7. The standard InChI is InChI=1S/C10H13N5/c1-15-6-5-12-9(15)7-8(11)10-13-3-2-4-14-10/h2-6,8H,7,11H2,1H3. The van der Waals surface area contributed by atoms with Gasteiger partial charge < -0.3 is 10.3 Å². The molecule has 0 radical (unpaired) electrons. The number of nitrogens with zero attached hydrogens (tertiary/aromatic N) is 4. The Hall–Kier alpha value is -1.75. The third-order valence-corrected chi connectivity index (χ3v) is 2.24. The van der Waals surface area contributed by atoms with E-state index in [0.29, 0.717) is 12.2 Å². The number of imidazole rings is 1. The number of aryl methyl sites for hydroxylation is 1. The van der Waals surface area contributed by atoms with Crippen molar-refractivity contribution >= 4 is 0 Å². The third kappa shape index (κ3) is 2.19. The molecule has 0 aliphatic heterocycles. The van der Waals surface area contributed by atoms with Crippen LogP contribution in [0.4, 0.5) is 0 Å². The fourth-order valence-corrected chi connectivity index (χ4v) is 1.38. The van der Waals surface area contributed by atoms with E-state index in [1.165, 1.54) is 0 Å². The summed E-state index contributed by atoms with van der Waals surface area (Å²) in [4.78, 5) is 12.4. The maximum absolute atomic E-state index is 5.98. The van der Waals surface area contributed by atoms with Gasteiger partial charge in [0.2, 0.25) is 0 Å². The van der Waals surface area contributed by atoms with Crippen LogP contribution in [0, 0.1) is 0 Å². The average molecular weight is 203 g/mol. The van der Waals surface area contributed by atoms with Gasteiger partial charge in [0.1, 0.15) is 11.6 Å². The molecule has 0 saturated carbocycles. The van der Waals surface area contributed by atoms with Gasteiger partial charge in [0.05, 0.1) is 6.04 Å². The molecule has 1 atom stereocenters. The van der Waals surface area contributed by atoms with Crippen molar-refractivity contribution in [2.24, 2.45) is 12.8 Å². The second-order valence-electron chi connectivity index (χ2n) is 3.37. The number of hydrogen-bond donors (Lipinski definition) is 1. The number of nitrogens with two attached hydrogens (primary N) is 1. The van der Waals surface area contributed by atoms with Crippen LogP contribution < -0.4 is 5.73 Å². The second kappa shape index (κ2) is 4.18. The highest BCUT2D eigenvalue weighted by Crippen LogP contribution is 2.09. The lowest BCUT2D eigenvalue weighted by molar-refractivity contribution is 0.624. The van der Waals surface area contributed by atoms with Gasteiger partial charge in [-0.1, -0.05) is 0 Å². The molecule has 5 nitrogen and oxygen atoms in total. The molecule has 2 rings (SSSR count). The summed E-state index contributed by atoms with van der Waals surface area (Å²) in [5.74, 6) is 1.59. The maximum Gasteiger partial charge on any atom is 0.145 e. The Morgan fingerprint density at radius 2 is 2.00 bits per heavy atom. The minimum atomic E-state index is -0.202. The molecule has 0 aliphatic rings. The van der Waals surface area contributed by atoms with Gasteiger partial charge in [-0.2, -0.15) is 0 Å². The van der Waals surface area contributed by atoms with Crippen molar-refractivity contribution in [3.8, 4) is 0 Å². The number of rotatable bonds is 3. The molecule has 0 fully saturated rings. The van der Waals surface area contributed by atoms with E-state index in [-0.39, 0.29) is 6.04 Å². The lowest BCUT2D eigenvalue weighted by Crippen LogP contribution is -2.18. The predicted molar refractivity (Wildman–Crippen MR) is 55.9 cm³/mol. The summed E-state index contributed by atoms with van der Waals surface area (Å²) in [6, 6.07) is 1.57. The summed E-state index contributed by atoms with van der Waals surface area (Å²) in [7, 11) is 1.95. The molecule has 5 heteroatoms. The summed E-state index contributed by atoms with van der Waals surface area (Å²) < 4.78 is 1.95. The van der Waals surface area contributed by atoms with Crippen molar-refractivity contribution in [1.82, 2.24) is 19.5 Å². The van der Waals surface area contributed by atoms with Crippen molar-refractivity contribution in [2.45, 2.75) is 12.5 Å². The van der Waals surface area contributed by atoms with Crippen molar-refractivity contribution in [2.75, 3.05) is 0 Å². The van der Waals surface area contributed by atoms with Gasteiger partial charge in [0.15, 0.2) is 0 Å². The molecule has 2 N–H and O–H groups in total. The summed E-state index contributed by atoms with van der Waals surface area (Å²) >= 11 is 0. The first-order chi connectivity index (χ1) is 7.27. The summed E-state index contributed by atoms with van der Waals surface area (Å²) in [5, 5.41) is 0. The normalized spacial score (nSPS) is 12.7. The van der Waals surface area contributed by atoms with Crippen molar-refractivity contribution in [3.63, 3.8) is 0 Å². The van der Waals surface area contributed by atoms with Crippen LogP contribution >= 0.6 is 0 Å².